The standard InChI is InChI=1S/C7H4NO2P/c8-5-6-1-3-7(4-2-6)10-11-9/h1-4H. The van der Waals surface area contributed by atoms with Crippen molar-refractivity contribution in [2.75, 3.05) is 0 Å². The van der Waals surface area contributed by atoms with Crippen LogP contribution in [-0.4, -0.2) is 0 Å². The Morgan fingerprint density at radius 3 is 2.45 bits per heavy atom. The molecule has 0 radical (unpaired) electrons. The van der Waals surface area contributed by atoms with Gasteiger partial charge in [0.05, 0.1) is 11.6 Å². The van der Waals surface area contributed by atoms with Crippen molar-refractivity contribution in [1.82, 2.24) is 0 Å². The van der Waals surface area contributed by atoms with Crippen molar-refractivity contribution < 1.29 is 9.09 Å². The Labute approximate surface area is 65.5 Å². The van der Waals surface area contributed by atoms with E-state index < -0.39 is 0 Å². The van der Waals surface area contributed by atoms with E-state index in [2.05, 4.69) is 4.52 Å². The summed E-state index contributed by atoms with van der Waals surface area (Å²) in [7, 11) is -0.382. The van der Waals surface area contributed by atoms with Crippen LogP contribution in [0.4, 0.5) is 0 Å². The molecule has 3 nitrogen and oxygen atoms in total. The minimum absolute atomic E-state index is 0.382. The highest BCUT2D eigenvalue weighted by atomic mass is 31.1. The molecule has 0 saturated heterocycles. The van der Waals surface area contributed by atoms with E-state index in [9.17, 15) is 4.57 Å². The van der Waals surface area contributed by atoms with Crippen LogP contribution in [0.2, 0.25) is 0 Å². The molecule has 1 rings (SSSR count). The maximum absolute atomic E-state index is 9.94. The zero-order valence-electron chi connectivity index (χ0n) is 5.52. The molecule has 0 amide bonds. The summed E-state index contributed by atoms with van der Waals surface area (Å²) < 4.78 is 14.6. The summed E-state index contributed by atoms with van der Waals surface area (Å²) >= 11 is 0. The second kappa shape index (κ2) is 3.70. The molecule has 1 aromatic carbocycles. The average molecular weight is 165 g/mol. The fourth-order valence-electron chi connectivity index (χ4n) is 0.633. The maximum atomic E-state index is 9.94. The summed E-state index contributed by atoms with van der Waals surface area (Å²) in [5, 5.41) is 8.40. The molecule has 0 heterocycles. The second-order valence-electron chi connectivity index (χ2n) is 1.80. The second-order valence-corrected chi connectivity index (χ2v) is 2.13. The molecule has 0 N–H and O–H groups in total. The van der Waals surface area contributed by atoms with Gasteiger partial charge in [-0.1, -0.05) is 0 Å². The lowest BCUT2D eigenvalue weighted by Gasteiger charge is -1.93. The van der Waals surface area contributed by atoms with E-state index in [4.69, 9.17) is 5.26 Å². The summed E-state index contributed by atoms with van der Waals surface area (Å²) in [5.74, 6) is 0.487. The predicted molar refractivity (Wildman–Crippen MR) is 39.4 cm³/mol. The fourth-order valence-corrected chi connectivity index (χ4v) is 0.841. The smallest absolute Gasteiger partial charge is 0.395 e. The maximum Gasteiger partial charge on any atom is 0.395 e. The molecule has 0 aliphatic carbocycles. The zero-order chi connectivity index (χ0) is 8.10. The summed E-state index contributed by atoms with van der Waals surface area (Å²) in [4.78, 5) is 0. The molecule has 0 atom stereocenters. The van der Waals surface area contributed by atoms with Crippen LogP contribution >= 0.6 is 8.69 Å². The molecule has 0 bridgehead atoms. The SMILES string of the molecule is N#Cc1ccc(OP=O)cc1. The molecular formula is C7H4NO2P. The lowest BCUT2D eigenvalue weighted by atomic mass is 10.2. The van der Waals surface area contributed by atoms with Gasteiger partial charge >= 0.3 is 8.69 Å². The van der Waals surface area contributed by atoms with E-state index in [1.807, 2.05) is 6.07 Å². The van der Waals surface area contributed by atoms with Crippen LogP contribution in [0.25, 0.3) is 0 Å². The molecule has 0 unspecified atom stereocenters. The summed E-state index contributed by atoms with van der Waals surface area (Å²) in [6, 6.07) is 8.33. The average Bonchev–Trinajstić information content (AvgIpc) is 2.07. The molecule has 0 saturated carbocycles. The Morgan fingerprint density at radius 1 is 1.36 bits per heavy atom. The van der Waals surface area contributed by atoms with E-state index in [0.29, 0.717) is 11.3 Å². The van der Waals surface area contributed by atoms with Crippen LogP contribution in [0, 0.1) is 11.3 Å². The summed E-state index contributed by atoms with van der Waals surface area (Å²) in [6.07, 6.45) is 0. The Bertz CT molecular complexity index is 288. The van der Waals surface area contributed by atoms with Gasteiger partial charge in [0.25, 0.3) is 0 Å². The van der Waals surface area contributed by atoms with Crippen molar-refractivity contribution in [2.24, 2.45) is 0 Å². The van der Waals surface area contributed by atoms with E-state index in [1.54, 1.807) is 24.3 Å². The molecule has 0 spiro atoms. The highest BCUT2D eigenvalue weighted by Crippen LogP contribution is 2.14. The molecule has 0 aliphatic rings. The minimum atomic E-state index is -0.382. The monoisotopic (exact) mass is 165 g/mol. The van der Waals surface area contributed by atoms with Gasteiger partial charge in [0.15, 0.2) is 0 Å². The first kappa shape index (κ1) is 7.71. The van der Waals surface area contributed by atoms with Crippen molar-refractivity contribution in [3.05, 3.63) is 29.8 Å². The first-order valence-electron chi connectivity index (χ1n) is 2.86. The van der Waals surface area contributed by atoms with Gasteiger partial charge < -0.3 is 4.52 Å². The van der Waals surface area contributed by atoms with E-state index in [0.717, 1.165) is 0 Å². The van der Waals surface area contributed by atoms with Gasteiger partial charge in [-0.15, -0.1) is 0 Å². The van der Waals surface area contributed by atoms with Crippen molar-refractivity contribution in [1.29, 1.82) is 5.26 Å². The van der Waals surface area contributed by atoms with Gasteiger partial charge in [-0.3, -0.25) is 0 Å². The molecule has 1 aromatic rings. The van der Waals surface area contributed by atoms with Crippen LogP contribution < -0.4 is 4.52 Å². The van der Waals surface area contributed by atoms with Crippen LogP contribution in [0.5, 0.6) is 5.75 Å². The van der Waals surface area contributed by atoms with Crippen LogP contribution in [0.1, 0.15) is 5.56 Å². The van der Waals surface area contributed by atoms with Crippen LogP contribution in [-0.2, 0) is 4.57 Å². The minimum Gasteiger partial charge on any atom is -0.408 e. The number of benzene rings is 1. The van der Waals surface area contributed by atoms with Crippen molar-refractivity contribution >= 4 is 8.69 Å². The molecule has 0 aliphatic heterocycles. The van der Waals surface area contributed by atoms with Gasteiger partial charge in [0, 0.05) is 0 Å². The molecule has 4 heteroatoms. The number of hydrogen-bond acceptors (Lipinski definition) is 3. The van der Waals surface area contributed by atoms with Crippen LogP contribution in [0.15, 0.2) is 24.3 Å². The third-order valence-electron chi connectivity index (χ3n) is 1.13. The highest BCUT2D eigenvalue weighted by Gasteiger charge is 1.92. The Balaban J connectivity index is 2.84. The fraction of sp³-hybridized carbons (Fsp3) is 0. The Morgan fingerprint density at radius 2 is 2.00 bits per heavy atom. The van der Waals surface area contributed by atoms with Gasteiger partial charge in [-0.05, 0) is 24.3 Å². The molecule has 0 fully saturated rings. The van der Waals surface area contributed by atoms with Gasteiger partial charge in [-0.25, -0.2) is 4.57 Å². The quantitative estimate of drug-likeness (QED) is 0.630. The van der Waals surface area contributed by atoms with Crippen molar-refractivity contribution in [3.63, 3.8) is 0 Å². The third-order valence-corrected chi connectivity index (χ3v) is 1.41. The molecular weight excluding hydrogens is 161 g/mol. The van der Waals surface area contributed by atoms with Gasteiger partial charge in [0.1, 0.15) is 5.75 Å². The molecule has 0 aromatic heterocycles. The number of nitriles is 1. The van der Waals surface area contributed by atoms with E-state index in [1.165, 1.54) is 0 Å². The number of rotatable bonds is 2. The largest absolute Gasteiger partial charge is 0.408 e. The lowest BCUT2D eigenvalue weighted by Crippen LogP contribution is -1.75. The predicted octanol–water partition coefficient (Wildman–Crippen LogP) is 2.14. The topological polar surface area (TPSA) is 50.1 Å². The third kappa shape index (κ3) is 2.03. The number of hydrogen-bond donors (Lipinski definition) is 0. The molecule has 11 heavy (non-hydrogen) atoms. The lowest BCUT2D eigenvalue weighted by molar-refractivity contribution is 0.525. The number of nitrogens with zero attached hydrogens (tertiary/aromatic N) is 1. The van der Waals surface area contributed by atoms with Crippen molar-refractivity contribution in [2.45, 2.75) is 0 Å². The first-order chi connectivity index (χ1) is 5.36. The van der Waals surface area contributed by atoms with Gasteiger partial charge in [0.2, 0.25) is 0 Å². The Hall–Kier alpha value is -1.39. The first-order valence-corrected chi connectivity index (χ1v) is 3.59. The van der Waals surface area contributed by atoms with Crippen molar-refractivity contribution in [3.8, 4) is 11.8 Å². The molecule has 54 valence electrons. The zero-order valence-corrected chi connectivity index (χ0v) is 6.41. The summed E-state index contributed by atoms with van der Waals surface area (Å²) in [6.45, 7) is 0. The van der Waals surface area contributed by atoms with Gasteiger partial charge in [-0.2, -0.15) is 5.26 Å². The normalized spacial score (nSPS) is 9.00. The highest BCUT2D eigenvalue weighted by molar-refractivity contribution is 7.17. The van der Waals surface area contributed by atoms with Crippen LogP contribution in [0.3, 0.4) is 0 Å². The Kier molecular flexibility index (Phi) is 2.59. The van der Waals surface area contributed by atoms with E-state index in [-0.39, 0.29) is 8.69 Å². The summed E-state index contributed by atoms with van der Waals surface area (Å²) in [5.41, 5.74) is 0.555. The van der Waals surface area contributed by atoms with E-state index >= 15 is 0 Å².